The van der Waals surface area contributed by atoms with Crippen LogP contribution in [0.15, 0.2) is 24.3 Å². The van der Waals surface area contributed by atoms with Crippen LogP contribution in [0.25, 0.3) is 0 Å². The van der Waals surface area contributed by atoms with Gasteiger partial charge < -0.3 is 19.7 Å². The fourth-order valence-electron chi connectivity index (χ4n) is 3.13. The highest BCUT2D eigenvalue weighted by atomic mass is 16.5. The molecule has 0 aliphatic carbocycles. The Hall–Kier alpha value is -2.84. The van der Waals surface area contributed by atoms with Gasteiger partial charge in [0.25, 0.3) is 0 Å². The summed E-state index contributed by atoms with van der Waals surface area (Å²) < 4.78 is 11.1. The Morgan fingerprint density at radius 1 is 1.41 bits per heavy atom. The first-order valence-corrected chi connectivity index (χ1v) is 9.26. The smallest absolute Gasteiger partial charge is 0.317 e. The van der Waals surface area contributed by atoms with Crippen molar-refractivity contribution in [2.75, 3.05) is 33.4 Å². The molecule has 1 aromatic carbocycles. The lowest BCUT2D eigenvalue weighted by molar-refractivity contribution is 0.137. The Labute approximate surface area is 158 Å². The molecule has 0 unspecified atom stereocenters. The summed E-state index contributed by atoms with van der Waals surface area (Å²) in [4.78, 5) is 14.2. The number of carbonyl (C=O) groups excluding carboxylic acids is 1. The number of hydrogen-bond donors (Lipinski definition) is 2. The van der Waals surface area contributed by atoms with Crippen LogP contribution in [0.4, 0.5) is 4.79 Å². The van der Waals surface area contributed by atoms with Crippen LogP contribution in [0.3, 0.4) is 0 Å². The van der Waals surface area contributed by atoms with Gasteiger partial charge in [0, 0.05) is 38.0 Å². The standard InChI is InChI=1S/C18H26N6O3/c1-26-15-6-2-7-16(11-15)27-13-14-5-4-10-24(12-14)18(25)19-9-3-8-17-20-22-23-21-17/h2,6-7,11,14H,3-5,8-10,12-13H2,1H3,(H,19,25)(H,20,21,22,23)/t14-/m1/s1. The highest BCUT2D eigenvalue weighted by molar-refractivity contribution is 5.74. The molecule has 1 saturated heterocycles. The van der Waals surface area contributed by atoms with Crippen LogP contribution in [0.5, 0.6) is 11.5 Å². The molecule has 0 bridgehead atoms. The van der Waals surface area contributed by atoms with Crippen LogP contribution in [0, 0.1) is 5.92 Å². The predicted octanol–water partition coefficient (Wildman–Crippen LogP) is 1.64. The zero-order valence-electron chi connectivity index (χ0n) is 15.6. The molecule has 9 heteroatoms. The Morgan fingerprint density at radius 2 is 2.30 bits per heavy atom. The van der Waals surface area contributed by atoms with E-state index in [1.807, 2.05) is 29.2 Å². The quantitative estimate of drug-likeness (QED) is 0.681. The van der Waals surface area contributed by atoms with E-state index in [0.29, 0.717) is 37.9 Å². The molecule has 2 heterocycles. The van der Waals surface area contributed by atoms with E-state index in [1.165, 1.54) is 0 Å². The summed E-state index contributed by atoms with van der Waals surface area (Å²) in [7, 11) is 1.64. The molecule has 27 heavy (non-hydrogen) atoms. The second-order valence-electron chi connectivity index (χ2n) is 6.61. The zero-order valence-corrected chi connectivity index (χ0v) is 15.6. The minimum atomic E-state index is -0.0193. The molecule has 2 aromatic rings. The number of likely N-dealkylation sites (tertiary alicyclic amines) is 1. The number of amides is 2. The molecule has 1 aliphatic rings. The molecule has 1 aliphatic heterocycles. The predicted molar refractivity (Wildman–Crippen MR) is 98.7 cm³/mol. The number of benzene rings is 1. The van der Waals surface area contributed by atoms with Crippen molar-refractivity contribution in [1.82, 2.24) is 30.8 Å². The molecule has 2 N–H and O–H groups in total. The van der Waals surface area contributed by atoms with Crippen LogP contribution in [0.1, 0.15) is 25.1 Å². The molecule has 0 radical (unpaired) electrons. The number of aromatic nitrogens is 4. The molecule has 146 valence electrons. The van der Waals surface area contributed by atoms with Gasteiger partial charge in [0.1, 0.15) is 11.5 Å². The van der Waals surface area contributed by atoms with E-state index < -0.39 is 0 Å². The third-order valence-corrected chi connectivity index (χ3v) is 4.58. The molecule has 0 saturated carbocycles. The average Bonchev–Trinajstić information content (AvgIpc) is 3.23. The summed E-state index contributed by atoms with van der Waals surface area (Å²) in [6, 6.07) is 7.56. The van der Waals surface area contributed by atoms with Gasteiger partial charge in [-0.15, -0.1) is 10.2 Å². The fourth-order valence-corrected chi connectivity index (χ4v) is 3.13. The largest absolute Gasteiger partial charge is 0.497 e. The third kappa shape index (κ3) is 5.83. The van der Waals surface area contributed by atoms with E-state index >= 15 is 0 Å². The van der Waals surface area contributed by atoms with Crippen molar-refractivity contribution in [2.24, 2.45) is 5.92 Å². The molecule has 3 rings (SSSR count). The van der Waals surface area contributed by atoms with Crippen LogP contribution in [0.2, 0.25) is 0 Å². The summed E-state index contributed by atoms with van der Waals surface area (Å²) in [6.45, 7) is 2.68. The van der Waals surface area contributed by atoms with Gasteiger partial charge in [-0.1, -0.05) is 11.3 Å². The molecule has 0 spiro atoms. The lowest BCUT2D eigenvalue weighted by Gasteiger charge is -2.32. The second-order valence-corrected chi connectivity index (χ2v) is 6.61. The van der Waals surface area contributed by atoms with E-state index in [-0.39, 0.29) is 6.03 Å². The summed E-state index contributed by atoms with van der Waals surface area (Å²) in [5, 5.41) is 16.7. The van der Waals surface area contributed by atoms with Gasteiger partial charge in [0.15, 0.2) is 5.82 Å². The fraction of sp³-hybridized carbons (Fsp3) is 0.556. The molecule has 1 aromatic heterocycles. The Morgan fingerprint density at radius 3 is 3.11 bits per heavy atom. The Kier molecular flexibility index (Phi) is 6.84. The van der Waals surface area contributed by atoms with Crippen molar-refractivity contribution >= 4 is 6.03 Å². The highest BCUT2D eigenvalue weighted by Crippen LogP contribution is 2.22. The lowest BCUT2D eigenvalue weighted by Crippen LogP contribution is -2.46. The van der Waals surface area contributed by atoms with E-state index in [4.69, 9.17) is 9.47 Å². The van der Waals surface area contributed by atoms with Gasteiger partial charge in [-0.2, -0.15) is 5.21 Å². The lowest BCUT2D eigenvalue weighted by atomic mass is 9.99. The third-order valence-electron chi connectivity index (χ3n) is 4.58. The highest BCUT2D eigenvalue weighted by Gasteiger charge is 2.24. The molecule has 2 amide bonds. The molecular weight excluding hydrogens is 348 g/mol. The Balaban J connectivity index is 1.38. The number of urea groups is 1. The SMILES string of the molecule is COc1cccc(OC[C@@H]2CCCN(C(=O)NCCCc3nn[nH]n3)C2)c1. The number of nitrogens with zero attached hydrogens (tertiary/aromatic N) is 4. The summed E-state index contributed by atoms with van der Waals surface area (Å²) >= 11 is 0. The van der Waals surface area contributed by atoms with Crippen LogP contribution in [-0.4, -0.2) is 64.9 Å². The van der Waals surface area contributed by atoms with Crippen molar-refractivity contribution in [1.29, 1.82) is 0 Å². The normalized spacial score (nSPS) is 16.8. The van der Waals surface area contributed by atoms with Gasteiger partial charge in [0.05, 0.1) is 13.7 Å². The van der Waals surface area contributed by atoms with E-state index in [9.17, 15) is 4.79 Å². The van der Waals surface area contributed by atoms with Gasteiger partial charge in [-0.3, -0.25) is 0 Å². The van der Waals surface area contributed by atoms with Crippen molar-refractivity contribution in [2.45, 2.75) is 25.7 Å². The van der Waals surface area contributed by atoms with Crippen molar-refractivity contribution in [3.63, 3.8) is 0 Å². The molecule has 1 atom stereocenters. The number of ether oxygens (including phenoxy) is 2. The maximum absolute atomic E-state index is 12.4. The first-order chi connectivity index (χ1) is 13.2. The van der Waals surface area contributed by atoms with Crippen molar-refractivity contribution in [3.8, 4) is 11.5 Å². The van der Waals surface area contributed by atoms with E-state index in [0.717, 1.165) is 37.3 Å². The number of aromatic amines is 1. The minimum absolute atomic E-state index is 0.0193. The summed E-state index contributed by atoms with van der Waals surface area (Å²) in [5.74, 6) is 2.56. The van der Waals surface area contributed by atoms with E-state index in [1.54, 1.807) is 7.11 Å². The van der Waals surface area contributed by atoms with Gasteiger partial charge >= 0.3 is 6.03 Å². The summed E-state index contributed by atoms with van der Waals surface area (Å²) in [5.41, 5.74) is 0. The first-order valence-electron chi connectivity index (χ1n) is 9.26. The maximum atomic E-state index is 12.4. The number of piperidine rings is 1. The van der Waals surface area contributed by atoms with Crippen LogP contribution in [-0.2, 0) is 6.42 Å². The number of carbonyl (C=O) groups is 1. The van der Waals surface area contributed by atoms with Crippen LogP contribution >= 0.6 is 0 Å². The first kappa shape index (κ1) is 18.9. The minimum Gasteiger partial charge on any atom is -0.497 e. The average molecular weight is 374 g/mol. The van der Waals surface area contributed by atoms with Crippen LogP contribution < -0.4 is 14.8 Å². The molecule has 9 nitrogen and oxygen atoms in total. The number of hydrogen-bond acceptors (Lipinski definition) is 6. The van der Waals surface area contributed by atoms with Gasteiger partial charge in [-0.05, 0) is 31.4 Å². The molecule has 1 fully saturated rings. The Bertz CT molecular complexity index is 709. The maximum Gasteiger partial charge on any atom is 0.317 e. The number of rotatable bonds is 8. The van der Waals surface area contributed by atoms with Crippen molar-refractivity contribution < 1.29 is 14.3 Å². The number of aryl methyl sites for hydroxylation is 1. The van der Waals surface area contributed by atoms with Gasteiger partial charge in [-0.25, -0.2) is 4.79 Å². The summed E-state index contributed by atoms with van der Waals surface area (Å²) in [6.07, 6.45) is 3.52. The molecular formula is C18H26N6O3. The number of H-pyrrole nitrogens is 1. The number of nitrogens with one attached hydrogen (secondary N) is 2. The number of tetrazole rings is 1. The van der Waals surface area contributed by atoms with Gasteiger partial charge in [0.2, 0.25) is 0 Å². The second kappa shape index (κ2) is 9.75. The monoisotopic (exact) mass is 374 g/mol. The van der Waals surface area contributed by atoms with E-state index in [2.05, 4.69) is 25.9 Å². The van der Waals surface area contributed by atoms with Crippen molar-refractivity contribution in [3.05, 3.63) is 30.1 Å². The zero-order chi connectivity index (χ0) is 18.9. The topological polar surface area (TPSA) is 105 Å². The number of methoxy groups -OCH3 is 1.